The van der Waals surface area contributed by atoms with Crippen LogP contribution in [0.4, 0.5) is 4.79 Å². The number of imide groups is 1. The van der Waals surface area contributed by atoms with Crippen molar-refractivity contribution in [2.75, 3.05) is 19.6 Å². The fourth-order valence-electron chi connectivity index (χ4n) is 2.82. The molecular formula is C13H21N3O3. The van der Waals surface area contributed by atoms with Gasteiger partial charge in [-0.1, -0.05) is 13.8 Å². The van der Waals surface area contributed by atoms with E-state index in [1.807, 2.05) is 6.92 Å². The number of carbonyl (C=O) groups is 3. The number of urea groups is 1. The summed E-state index contributed by atoms with van der Waals surface area (Å²) in [6.07, 6.45) is 2.63. The zero-order valence-corrected chi connectivity index (χ0v) is 11.5. The van der Waals surface area contributed by atoms with Crippen molar-refractivity contribution in [1.82, 2.24) is 15.1 Å². The molecule has 2 heterocycles. The van der Waals surface area contributed by atoms with Gasteiger partial charge in [0.1, 0.15) is 12.6 Å². The van der Waals surface area contributed by atoms with E-state index in [9.17, 15) is 14.4 Å². The molecule has 2 unspecified atom stereocenters. The van der Waals surface area contributed by atoms with Crippen molar-refractivity contribution in [1.29, 1.82) is 0 Å². The average Bonchev–Trinajstić information content (AvgIpc) is 2.37. The Kier molecular flexibility index (Phi) is 4.07. The Labute approximate surface area is 113 Å². The second-order valence-electron chi connectivity index (χ2n) is 5.44. The third-order valence-electron chi connectivity index (χ3n) is 3.82. The molecular weight excluding hydrogens is 246 g/mol. The van der Waals surface area contributed by atoms with Crippen molar-refractivity contribution in [3.05, 3.63) is 0 Å². The summed E-state index contributed by atoms with van der Waals surface area (Å²) in [5.41, 5.74) is 0. The van der Waals surface area contributed by atoms with E-state index in [4.69, 9.17) is 0 Å². The van der Waals surface area contributed by atoms with Crippen LogP contribution in [0.2, 0.25) is 0 Å². The summed E-state index contributed by atoms with van der Waals surface area (Å²) < 4.78 is 0. The van der Waals surface area contributed by atoms with Crippen LogP contribution >= 0.6 is 0 Å². The van der Waals surface area contributed by atoms with E-state index in [0.29, 0.717) is 25.4 Å². The van der Waals surface area contributed by atoms with Crippen LogP contribution in [0.25, 0.3) is 0 Å². The lowest BCUT2D eigenvalue weighted by atomic mass is 10.0. The number of hydrogen-bond acceptors (Lipinski definition) is 3. The molecule has 0 saturated carbocycles. The van der Waals surface area contributed by atoms with Gasteiger partial charge in [-0.15, -0.1) is 0 Å². The van der Waals surface area contributed by atoms with E-state index in [-0.39, 0.29) is 18.5 Å². The van der Waals surface area contributed by atoms with Gasteiger partial charge >= 0.3 is 6.03 Å². The quantitative estimate of drug-likeness (QED) is 0.706. The van der Waals surface area contributed by atoms with E-state index in [1.165, 1.54) is 4.90 Å². The van der Waals surface area contributed by atoms with Crippen LogP contribution < -0.4 is 5.32 Å². The van der Waals surface area contributed by atoms with Crippen molar-refractivity contribution in [3.63, 3.8) is 0 Å². The SMILES string of the molecule is CCC1C(=O)NC(=O)CN1C(=O)N1CCCC(C)C1. The second-order valence-corrected chi connectivity index (χ2v) is 5.44. The molecule has 1 N–H and O–H groups in total. The number of amides is 4. The van der Waals surface area contributed by atoms with Crippen LogP contribution in [-0.4, -0.2) is 53.3 Å². The van der Waals surface area contributed by atoms with Gasteiger partial charge in [-0.3, -0.25) is 14.9 Å². The molecule has 106 valence electrons. The number of piperazine rings is 1. The standard InChI is InChI=1S/C13H21N3O3/c1-3-10-12(18)14-11(17)8-16(10)13(19)15-6-4-5-9(2)7-15/h9-10H,3-8H2,1-2H3,(H,14,17,18). The third-order valence-corrected chi connectivity index (χ3v) is 3.82. The van der Waals surface area contributed by atoms with Gasteiger partial charge in [0.05, 0.1) is 0 Å². The molecule has 19 heavy (non-hydrogen) atoms. The van der Waals surface area contributed by atoms with Gasteiger partial charge in [0, 0.05) is 13.1 Å². The maximum Gasteiger partial charge on any atom is 0.321 e. The molecule has 6 heteroatoms. The van der Waals surface area contributed by atoms with E-state index in [1.54, 1.807) is 4.90 Å². The van der Waals surface area contributed by atoms with E-state index >= 15 is 0 Å². The molecule has 2 fully saturated rings. The average molecular weight is 267 g/mol. The van der Waals surface area contributed by atoms with Crippen molar-refractivity contribution in [2.24, 2.45) is 5.92 Å². The zero-order valence-electron chi connectivity index (χ0n) is 11.5. The summed E-state index contributed by atoms with van der Waals surface area (Å²) in [7, 11) is 0. The molecule has 0 aromatic rings. The molecule has 6 nitrogen and oxygen atoms in total. The van der Waals surface area contributed by atoms with E-state index < -0.39 is 11.9 Å². The lowest BCUT2D eigenvalue weighted by molar-refractivity contribution is -0.138. The molecule has 0 radical (unpaired) electrons. The van der Waals surface area contributed by atoms with Crippen molar-refractivity contribution < 1.29 is 14.4 Å². The fourth-order valence-corrected chi connectivity index (χ4v) is 2.82. The van der Waals surface area contributed by atoms with E-state index in [0.717, 1.165) is 12.8 Å². The molecule has 0 bridgehead atoms. The molecule has 2 aliphatic rings. The Morgan fingerprint density at radius 3 is 2.79 bits per heavy atom. The number of hydrogen-bond donors (Lipinski definition) is 1. The highest BCUT2D eigenvalue weighted by molar-refractivity contribution is 6.04. The van der Waals surface area contributed by atoms with Crippen LogP contribution in [0, 0.1) is 5.92 Å². The maximum atomic E-state index is 12.5. The second kappa shape index (κ2) is 5.59. The fraction of sp³-hybridized carbons (Fsp3) is 0.769. The predicted octanol–water partition coefficient (Wildman–Crippen LogP) is 0.575. The Bertz CT molecular complexity index is 397. The number of piperidine rings is 1. The lowest BCUT2D eigenvalue weighted by Gasteiger charge is -2.39. The zero-order chi connectivity index (χ0) is 14.0. The van der Waals surface area contributed by atoms with Gasteiger partial charge in [0.2, 0.25) is 11.8 Å². The minimum absolute atomic E-state index is 0.0199. The van der Waals surface area contributed by atoms with Gasteiger partial charge in [0.15, 0.2) is 0 Å². The van der Waals surface area contributed by atoms with Crippen molar-refractivity contribution in [3.8, 4) is 0 Å². The van der Waals surface area contributed by atoms with Crippen LogP contribution in [0.15, 0.2) is 0 Å². The van der Waals surface area contributed by atoms with Crippen LogP contribution in [0.3, 0.4) is 0 Å². The third kappa shape index (κ3) is 2.88. The lowest BCUT2D eigenvalue weighted by Crippen LogP contribution is -2.62. The molecule has 0 aromatic heterocycles. The Morgan fingerprint density at radius 2 is 2.16 bits per heavy atom. The molecule has 4 amide bonds. The highest BCUT2D eigenvalue weighted by Gasteiger charge is 2.38. The minimum atomic E-state index is -0.526. The first-order chi connectivity index (χ1) is 9.02. The van der Waals surface area contributed by atoms with Crippen LogP contribution in [0.1, 0.15) is 33.1 Å². The number of rotatable bonds is 1. The van der Waals surface area contributed by atoms with Crippen molar-refractivity contribution >= 4 is 17.8 Å². The molecule has 0 aromatic carbocycles. The first-order valence-electron chi connectivity index (χ1n) is 6.92. The topological polar surface area (TPSA) is 69.7 Å². The molecule has 0 spiro atoms. The molecule has 2 rings (SSSR count). The Hall–Kier alpha value is -1.59. The summed E-state index contributed by atoms with van der Waals surface area (Å²) in [5.74, 6) is -0.280. The summed E-state index contributed by atoms with van der Waals surface area (Å²) in [6, 6.07) is -0.705. The van der Waals surface area contributed by atoms with Gasteiger partial charge in [-0.25, -0.2) is 4.79 Å². The molecule has 2 saturated heterocycles. The monoisotopic (exact) mass is 267 g/mol. The van der Waals surface area contributed by atoms with Gasteiger partial charge in [0.25, 0.3) is 0 Å². The van der Waals surface area contributed by atoms with Crippen LogP contribution in [0.5, 0.6) is 0 Å². The highest BCUT2D eigenvalue weighted by atomic mass is 16.2. The normalized spacial score (nSPS) is 28.3. The van der Waals surface area contributed by atoms with Crippen LogP contribution in [-0.2, 0) is 9.59 Å². The summed E-state index contributed by atoms with van der Waals surface area (Å²) >= 11 is 0. The van der Waals surface area contributed by atoms with Crippen molar-refractivity contribution in [2.45, 2.75) is 39.2 Å². The first kappa shape index (κ1) is 13.8. The first-order valence-corrected chi connectivity index (χ1v) is 6.92. The number of carbonyl (C=O) groups excluding carboxylic acids is 3. The predicted molar refractivity (Wildman–Crippen MR) is 69.3 cm³/mol. The number of nitrogens with zero attached hydrogens (tertiary/aromatic N) is 2. The Morgan fingerprint density at radius 1 is 1.42 bits per heavy atom. The van der Waals surface area contributed by atoms with Gasteiger partial charge in [-0.2, -0.15) is 0 Å². The van der Waals surface area contributed by atoms with Gasteiger partial charge < -0.3 is 9.80 Å². The molecule has 2 atom stereocenters. The minimum Gasteiger partial charge on any atom is -0.324 e. The largest absolute Gasteiger partial charge is 0.324 e. The number of nitrogens with one attached hydrogen (secondary N) is 1. The smallest absolute Gasteiger partial charge is 0.321 e. The van der Waals surface area contributed by atoms with Gasteiger partial charge in [-0.05, 0) is 25.2 Å². The summed E-state index contributed by atoms with van der Waals surface area (Å²) in [5, 5.41) is 2.29. The molecule has 2 aliphatic heterocycles. The summed E-state index contributed by atoms with van der Waals surface area (Å²) in [4.78, 5) is 38.9. The number of likely N-dealkylation sites (tertiary alicyclic amines) is 1. The highest BCUT2D eigenvalue weighted by Crippen LogP contribution is 2.19. The molecule has 0 aliphatic carbocycles. The van der Waals surface area contributed by atoms with E-state index in [2.05, 4.69) is 12.2 Å². The Balaban J connectivity index is 2.11. The maximum absolute atomic E-state index is 12.5. The summed E-state index contributed by atoms with van der Waals surface area (Å²) in [6.45, 7) is 5.37.